The Balaban J connectivity index is 2.02. The summed E-state index contributed by atoms with van der Waals surface area (Å²) in [5, 5.41) is 14.0. The number of hydrogen-bond donors (Lipinski definition) is 1. The van der Waals surface area contributed by atoms with Crippen LogP contribution < -0.4 is 0 Å². The first kappa shape index (κ1) is 15.0. The Hall–Kier alpha value is -2.88. The number of aromatic carboxylic acids is 1. The summed E-state index contributed by atoms with van der Waals surface area (Å²) >= 11 is 0. The number of hydrogen-bond acceptors (Lipinski definition) is 2. The summed E-state index contributed by atoms with van der Waals surface area (Å²) in [6.45, 7) is 4.59. The van der Waals surface area contributed by atoms with Crippen molar-refractivity contribution in [3.63, 3.8) is 0 Å². The largest absolute Gasteiger partial charge is 0.478 e. The van der Waals surface area contributed by atoms with Gasteiger partial charge >= 0.3 is 5.97 Å². The Labute approximate surface area is 135 Å². The first-order valence-corrected chi connectivity index (χ1v) is 7.47. The van der Waals surface area contributed by atoms with Crippen LogP contribution in [0, 0.1) is 13.8 Å². The molecule has 0 amide bonds. The lowest BCUT2D eigenvalue weighted by Gasteiger charge is -2.04. The van der Waals surface area contributed by atoms with Crippen LogP contribution in [0.3, 0.4) is 0 Å². The molecule has 0 aliphatic rings. The number of benzene rings is 2. The van der Waals surface area contributed by atoms with Crippen LogP contribution in [0.1, 0.15) is 27.0 Å². The molecule has 0 saturated carbocycles. The third-order valence-corrected chi connectivity index (χ3v) is 3.96. The predicted octanol–water partition coefficient (Wildman–Crippen LogP) is 3.91. The average molecular weight is 306 g/mol. The minimum Gasteiger partial charge on any atom is -0.478 e. The molecule has 0 radical (unpaired) electrons. The molecule has 2 aromatic carbocycles. The first-order valence-electron chi connectivity index (χ1n) is 7.47. The van der Waals surface area contributed by atoms with Gasteiger partial charge in [-0.3, -0.25) is 4.68 Å². The van der Waals surface area contributed by atoms with E-state index in [1.54, 1.807) is 10.9 Å². The van der Waals surface area contributed by atoms with Crippen molar-refractivity contribution in [2.75, 3.05) is 0 Å². The molecule has 1 N–H and O–H groups in total. The van der Waals surface area contributed by atoms with Crippen molar-refractivity contribution in [3.8, 4) is 11.3 Å². The van der Waals surface area contributed by atoms with E-state index in [4.69, 9.17) is 0 Å². The van der Waals surface area contributed by atoms with Crippen LogP contribution in [0.4, 0.5) is 0 Å². The number of nitrogens with zero attached hydrogens (tertiary/aromatic N) is 2. The van der Waals surface area contributed by atoms with Crippen molar-refractivity contribution in [1.29, 1.82) is 0 Å². The molecule has 0 bridgehead atoms. The lowest BCUT2D eigenvalue weighted by molar-refractivity contribution is 0.0697. The van der Waals surface area contributed by atoms with Gasteiger partial charge in [-0.1, -0.05) is 42.5 Å². The third kappa shape index (κ3) is 3.16. The third-order valence-electron chi connectivity index (χ3n) is 3.96. The monoisotopic (exact) mass is 306 g/mol. The van der Waals surface area contributed by atoms with Gasteiger partial charge in [0.05, 0.1) is 6.54 Å². The highest BCUT2D eigenvalue weighted by molar-refractivity contribution is 5.94. The fourth-order valence-corrected chi connectivity index (χ4v) is 2.53. The van der Waals surface area contributed by atoms with Gasteiger partial charge in [-0.2, -0.15) is 5.10 Å². The molecule has 4 nitrogen and oxygen atoms in total. The van der Waals surface area contributed by atoms with Gasteiger partial charge in [-0.05, 0) is 36.6 Å². The number of aryl methyl sites for hydroxylation is 2. The van der Waals surface area contributed by atoms with Crippen LogP contribution >= 0.6 is 0 Å². The van der Waals surface area contributed by atoms with E-state index in [-0.39, 0.29) is 5.56 Å². The molecule has 1 heterocycles. The smallest absolute Gasteiger partial charge is 0.339 e. The van der Waals surface area contributed by atoms with Gasteiger partial charge in [0.1, 0.15) is 11.3 Å². The summed E-state index contributed by atoms with van der Waals surface area (Å²) in [5.41, 5.74) is 4.95. The van der Waals surface area contributed by atoms with E-state index in [0.717, 1.165) is 16.7 Å². The Morgan fingerprint density at radius 1 is 1.09 bits per heavy atom. The van der Waals surface area contributed by atoms with Crippen LogP contribution in [-0.4, -0.2) is 20.9 Å². The molecule has 1 aromatic heterocycles. The average Bonchev–Trinajstić information content (AvgIpc) is 2.95. The van der Waals surface area contributed by atoms with Crippen LogP contribution in [-0.2, 0) is 6.54 Å². The highest BCUT2D eigenvalue weighted by Crippen LogP contribution is 2.25. The zero-order valence-electron chi connectivity index (χ0n) is 13.2. The highest BCUT2D eigenvalue weighted by atomic mass is 16.4. The molecule has 0 fully saturated rings. The number of carboxylic acids is 1. The van der Waals surface area contributed by atoms with E-state index in [2.05, 4.69) is 5.10 Å². The van der Waals surface area contributed by atoms with Crippen LogP contribution in [0.2, 0.25) is 0 Å². The number of carboxylic acid groups (broad SMARTS) is 1. The van der Waals surface area contributed by atoms with Gasteiger partial charge in [-0.15, -0.1) is 0 Å². The molecule has 0 atom stereocenters. The van der Waals surface area contributed by atoms with E-state index >= 15 is 0 Å². The molecule has 0 aliphatic heterocycles. The molecule has 0 saturated heterocycles. The fourth-order valence-electron chi connectivity index (χ4n) is 2.53. The lowest BCUT2D eigenvalue weighted by atomic mass is 10.0. The van der Waals surface area contributed by atoms with E-state index in [1.807, 2.05) is 62.4 Å². The second-order valence-electron chi connectivity index (χ2n) is 5.68. The van der Waals surface area contributed by atoms with Gasteiger partial charge in [0.15, 0.2) is 0 Å². The molecule has 0 spiro atoms. The zero-order valence-corrected chi connectivity index (χ0v) is 13.2. The summed E-state index contributed by atoms with van der Waals surface area (Å²) in [6, 6.07) is 15.8. The minimum absolute atomic E-state index is 0.226. The summed E-state index contributed by atoms with van der Waals surface area (Å²) < 4.78 is 1.68. The Bertz CT molecular complexity index is 851. The molecule has 0 unspecified atom stereocenters. The minimum atomic E-state index is -0.961. The second-order valence-corrected chi connectivity index (χ2v) is 5.68. The summed E-state index contributed by atoms with van der Waals surface area (Å²) in [7, 11) is 0. The SMILES string of the molecule is Cc1ccc(-c2nn(Cc3ccccc3)cc2C(=O)O)cc1C. The van der Waals surface area contributed by atoms with E-state index < -0.39 is 5.97 Å². The normalized spacial score (nSPS) is 10.7. The maximum atomic E-state index is 11.6. The maximum absolute atomic E-state index is 11.6. The van der Waals surface area contributed by atoms with Gasteiger partial charge in [0.2, 0.25) is 0 Å². The van der Waals surface area contributed by atoms with Crippen molar-refractivity contribution >= 4 is 5.97 Å². The molecular weight excluding hydrogens is 288 g/mol. The van der Waals surface area contributed by atoms with Crippen LogP contribution in [0.25, 0.3) is 11.3 Å². The summed E-state index contributed by atoms with van der Waals surface area (Å²) in [5.74, 6) is -0.961. The number of rotatable bonds is 4. The molecule has 4 heteroatoms. The van der Waals surface area contributed by atoms with Gasteiger partial charge in [-0.25, -0.2) is 4.79 Å². The molecule has 3 rings (SSSR count). The number of aromatic nitrogens is 2. The maximum Gasteiger partial charge on any atom is 0.339 e. The Morgan fingerprint density at radius 2 is 1.83 bits per heavy atom. The van der Waals surface area contributed by atoms with Crippen molar-refractivity contribution in [1.82, 2.24) is 9.78 Å². The van der Waals surface area contributed by atoms with E-state index in [9.17, 15) is 9.90 Å². The Kier molecular flexibility index (Phi) is 3.98. The topological polar surface area (TPSA) is 55.1 Å². The summed E-state index contributed by atoms with van der Waals surface area (Å²) in [4.78, 5) is 11.6. The predicted molar refractivity (Wildman–Crippen MR) is 89.6 cm³/mol. The zero-order chi connectivity index (χ0) is 16.4. The second kappa shape index (κ2) is 6.08. The highest BCUT2D eigenvalue weighted by Gasteiger charge is 2.17. The van der Waals surface area contributed by atoms with Gasteiger partial charge < -0.3 is 5.11 Å². The van der Waals surface area contributed by atoms with Crippen molar-refractivity contribution in [2.24, 2.45) is 0 Å². The first-order chi connectivity index (χ1) is 11.0. The van der Waals surface area contributed by atoms with Crippen LogP contribution in [0.5, 0.6) is 0 Å². The summed E-state index contributed by atoms with van der Waals surface area (Å²) in [6.07, 6.45) is 1.60. The quantitative estimate of drug-likeness (QED) is 0.795. The lowest BCUT2D eigenvalue weighted by Crippen LogP contribution is -2.00. The standard InChI is InChI=1S/C19H18N2O2/c1-13-8-9-16(10-14(13)2)18-17(19(22)23)12-21(20-18)11-15-6-4-3-5-7-15/h3-10,12H,11H2,1-2H3,(H,22,23). The fraction of sp³-hybridized carbons (Fsp3) is 0.158. The molecular formula is C19H18N2O2. The van der Waals surface area contributed by atoms with Crippen molar-refractivity contribution < 1.29 is 9.90 Å². The Morgan fingerprint density at radius 3 is 2.48 bits per heavy atom. The van der Waals surface area contributed by atoms with E-state index in [1.165, 1.54) is 5.56 Å². The van der Waals surface area contributed by atoms with Gasteiger partial charge in [0.25, 0.3) is 0 Å². The molecule has 23 heavy (non-hydrogen) atoms. The molecule has 116 valence electrons. The molecule has 3 aromatic rings. The van der Waals surface area contributed by atoms with Crippen molar-refractivity contribution in [2.45, 2.75) is 20.4 Å². The van der Waals surface area contributed by atoms with Crippen molar-refractivity contribution in [3.05, 3.63) is 77.0 Å². The van der Waals surface area contributed by atoms with Gasteiger partial charge in [0, 0.05) is 11.8 Å². The molecule has 0 aliphatic carbocycles. The van der Waals surface area contributed by atoms with E-state index in [0.29, 0.717) is 12.2 Å². The van der Waals surface area contributed by atoms with Crippen LogP contribution in [0.15, 0.2) is 54.7 Å². The number of carbonyl (C=O) groups is 1.